The fourth-order valence-electron chi connectivity index (χ4n) is 5.54. The molecule has 2 atom stereocenters. The number of piperidine rings is 2. The minimum atomic E-state index is 0.153. The van der Waals surface area contributed by atoms with Crippen LogP contribution < -0.4 is 5.56 Å². The Morgan fingerprint density at radius 1 is 0.967 bits per heavy atom. The molecule has 30 heavy (non-hydrogen) atoms. The summed E-state index contributed by atoms with van der Waals surface area (Å²) in [5.41, 5.74) is 3.20. The van der Waals surface area contributed by atoms with Gasteiger partial charge in [-0.3, -0.25) is 9.69 Å². The lowest BCUT2D eigenvalue weighted by atomic mass is 9.81. The van der Waals surface area contributed by atoms with E-state index in [4.69, 9.17) is 11.6 Å². The van der Waals surface area contributed by atoms with Crippen molar-refractivity contribution in [3.8, 4) is 0 Å². The lowest BCUT2D eigenvalue weighted by Gasteiger charge is -2.47. The van der Waals surface area contributed by atoms with Crippen LogP contribution in [0.5, 0.6) is 0 Å². The SMILES string of the molecule is CN1CCC(N2CC3CC(C2)c2ccc(C=Cc4ccc(Cl)cc4)c(=O)n2C3)CC1. The quantitative estimate of drug-likeness (QED) is 0.741. The molecule has 4 nitrogen and oxygen atoms in total. The van der Waals surface area contributed by atoms with Gasteiger partial charge in [-0.2, -0.15) is 0 Å². The lowest BCUT2D eigenvalue weighted by molar-refractivity contribution is 0.0516. The summed E-state index contributed by atoms with van der Waals surface area (Å²) < 4.78 is 2.06. The summed E-state index contributed by atoms with van der Waals surface area (Å²) in [7, 11) is 2.22. The summed E-state index contributed by atoms with van der Waals surface area (Å²) in [6.07, 6.45) is 7.70. The zero-order valence-electron chi connectivity index (χ0n) is 17.6. The van der Waals surface area contributed by atoms with E-state index in [0.717, 1.165) is 35.8 Å². The van der Waals surface area contributed by atoms with Crippen molar-refractivity contribution < 1.29 is 0 Å². The van der Waals surface area contributed by atoms with Crippen LogP contribution in [0.2, 0.25) is 5.02 Å². The average molecular weight is 424 g/mol. The smallest absolute Gasteiger partial charge is 0.258 e. The van der Waals surface area contributed by atoms with Gasteiger partial charge in [-0.05, 0) is 81.2 Å². The summed E-state index contributed by atoms with van der Waals surface area (Å²) in [5.74, 6) is 1.07. The van der Waals surface area contributed by atoms with Crippen LogP contribution in [0.25, 0.3) is 12.2 Å². The maximum atomic E-state index is 13.2. The van der Waals surface area contributed by atoms with Gasteiger partial charge >= 0.3 is 0 Å². The van der Waals surface area contributed by atoms with E-state index in [1.54, 1.807) is 0 Å². The first kappa shape index (κ1) is 20.0. The van der Waals surface area contributed by atoms with Crippen molar-refractivity contribution in [3.05, 3.63) is 68.6 Å². The van der Waals surface area contributed by atoms with E-state index in [2.05, 4.69) is 27.5 Å². The minimum absolute atomic E-state index is 0.153. The Morgan fingerprint density at radius 3 is 2.50 bits per heavy atom. The molecule has 0 spiro atoms. The standard InChI is InChI=1S/C25H30ClN3O/c1-27-12-10-23(11-13-27)28-15-19-14-21(17-28)24-9-6-20(25(30)29(24)16-19)5-2-18-3-7-22(26)8-4-18/h2-9,19,21,23H,10-17H2,1H3. The third-order valence-electron chi connectivity index (χ3n) is 7.19. The summed E-state index contributed by atoms with van der Waals surface area (Å²) in [5, 5.41) is 0.724. The highest BCUT2D eigenvalue weighted by Crippen LogP contribution is 2.37. The molecule has 1 aromatic heterocycles. The maximum absolute atomic E-state index is 13.2. The molecule has 0 aliphatic carbocycles. The Hall–Kier alpha value is -1.88. The van der Waals surface area contributed by atoms with Gasteiger partial charge in [0, 0.05) is 47.9 Å². The molecule has 0 N–H and O–H groups in total. The molecule has 5 heteroatoms. The zero-order valence-corrected chi connectivity index (χ0v) is 18.4. The second-order valence-electron chi connectivity index (χ2n) is 9.30. The molecule has 2 unspecified atom stereocenters. The third kappa shape index (κ3) is 4.01. The molecule has 158 valence electrons. The van der Waals surface area contributed by atoms with Gasteiger partial charge in [0.25, 0.3) is 5.56 Å². The molecule has 2 fully saturated rings. The van der Waals surface area contributed by atoms with Crippen molar-refractivity contribution in [3.63, 3.8) is 0 Å². The molecular weight excluding hydrogens is 394 g/mol. The Morgan fingerprint density at radius 2 is 1.73 bits per heavy atom. The van der Waals surface area contributed by atoms with Crippen LogP contribution in [0, 0.1) is 5.92 Å². The Labute approximate surface area is 183 Å². The number of hydrogen-bond acceptors (Lipinski definition) is 3. The number of nitrogens with zero attached hydrogens (tertiary/aromatic N) is 3. The van der Waals surface area contributed by atoms with E-state index in [1.807, 2.05) is 42.5 Å². The number of halogens is 1. The van der Waals surface area contributed by atoms with Crippen LogP contribution in [0.15, 0.2) is 41.2 Å². The average Bonchev–Trinajstić information content (AvgIpc) is 2.75. The number of fused-ring (bicyclic) bond motifs is 4. The van der Waals surface area contributed by atoms with Crippen LogP contribution >= 0.6 is 11.6 Å². The third-order valence-corrected chi connectivity index (χ3v) is 7.44. The van der Waals surface area contributed by atoms with Crippen molar-refractivity contribution in [2.24, 2.45) is 5.92 Å². The number of hydrogen-bond donors (Lipinski definition) is 0. The summed E-state index contributed by atoms with van der Waals surface area (Å²) >= 11 is 5.96. The molecule has 2 aromatic rings. The van der Waals surface area contributed by atoms with Crippen molar-refractivity contribution in [1.29, 1.82) is 0 Å². The van der Waals surface area contributed by atoms with Gasteiger partial charge < -0.3 is 9.47 Å². The van der Waals surface area contributed by atoms with Crippen molar-refractivity contribution in [2.75, 3.05) is 33.2 Å². The number of aromatic nitrogens is 1. The predicted octanol–water partition coefficient (Wildman–Crippen LogP) is 4.19. The molecule has 2 bridgehead atoms. The van der Waals surface area contributed by atoms with Gasteiger partial charge in [-0.25, -0.2) is 0 Å². The van der Waals surface area contributed by atoms with Crippen LogP contribution in [-0.4, -0.2) is 53.6 Å². The van der Waals surface area contributed by atoms with Crippen molar-refractivity contribution >= 4 is 23.8 Å². The predicted molar refractivity (Wildman–Crippen MR) is 124 cm³/mol. The molecule has 5 rings (SSSR count). The number of benzene rings is 1. The lowest BCUT2D eigenvalue weighted by Crippen LogP contribution is -2.53. The van der Waals surface area contributed by atoms with E-state index < -0.39 is 0 Å². The van der Waals surface area contributed by atoms with Gasteiger partial charge in [0.1, 0.15) is 0 Å². The number of likely N-dealkylation sites (tertiary alicyclic amines) is 2. The fraction of sp³-hybridized carbons (Fsp3) is 0.480. The molecule has 0 amide bonds. The second kappa shape index (κ2) is 8.33. The van der Waals surface area contributed by atoms with Gasteiger partial charge in [0.2, 0.25) is 0 Å². The van der Waals surface area contributed by atoms with E-state index >= 15 is 0 Å². The largest absolute Gasteiger partial charge is 0.311 e. The highest BCUT2D eigenvalue weighted by atomic mass is 35.5. The first-order valence-electron chi connectivity index (χ1n) is 11.2. The molecule has 1 aromatic carbocycles. The number of rotatable bonds is 3. The Kier molecular flexibility index (Phi) is 5.57. The maximum Gasteiger partial charge on any atom is 0.258 e. The van der Waals surface area contributed by atoms with Gasteiger partial charge in [-0.15, -0.1) is 0 Å². The normalized spacial score (nSPS) is 25.5. The molecule has 3 aliphatic rings. The van der Waals surface area contributed by atoms with Crippen LogP contribution in [0.3, 0.4) is 0 Å². The molecular formula is C25H30ClN3O. The van der Waals surface area contributed by atoms with Gasteiger partial charge in [0.05, 0.1) is 0 Å². The highest BCUT2D eigenvalue weighted by Gasteiger charge is 2.37. The van der Waals surface area contributed by atoms with Crippen molar-refractivity contribution in [1.82, 2.24) is 14.4 Å². The first-order chi connectivity index (χ1) is 14.6. The Bertz CT molecular complexity index is 988. The van der Waals surface area contributed by atoms with E-state index in [0.29, 0.717) is 17.9 Å². The molecule has 2 saturated heterocycles. The number of pyridine rings is 1. The van der Waals surface area contributed by atoms with Gasteiger partial charge in [-0.1, -0.05) is 29.8 Å². The monoisotopic (exact) mass is 423 g/mol. The first-order valence-corrected chi connectivity index (χ1v) is 11.5. The minimum Gasteiger partial charge on any atom is -0.311 e. The zero-order chi connectivity index (χ0) is 20.7. The summed E-state index contributed by atoms with van der Waals surface area (Å²) in [6.45, 7) is 5.51. The highest BCUT2D eigenvalue weighted by molar-refractivity contribution is 6.30. The van der Waals surface area contributed by atoms with Crippen molar-refractivity contribution in [2.45, 2.75) is 37.8 Å². The van der Waals surface area contributed by atoms with Crippen LogP contribution in [0.1, 0.15) is 42.0 Å². The Balaban J connectivity index is 1.36. The second-order valence-corrected chi connectivity index (χ2v) is 9.74. The topological polar surface area (TPSA) is 28.5 Å². The van der Waals surface area contributed by atoms with E-state index in [9.17, 15) is 4.79 Å². The molecule has 0 saturated carbocycles. The van der Waals surface area contributed by atoms with Crippen LogP contribution in [0.4, 0.5) is 0 Å². The van der Waals surface area contributed by atoms with Gasteiger partial charge in [0.15, 0.2) is 0 Å². The fourth-order valence-corrected chi connectivity index (χ4v) is 5.67. The summed E-state index contributed by atoms with van der Waals surface area (Å²) in [6, 6.07) is 12.6. The molecule has 4 heterocycles. The molecule has 3 aliphatic heterocycles. The summed E-state index contributed by atoms with van der Waals surface area (Å²) in [4.78, 5) is 18.4. The van der Waals surface area contributed by atoms with Crippen LogP contribution in [-0.2, 0) is 6.54 Å². The van der Waals surface area contributed by atoms with E-state index in [-0.39, 0.29) is 5.56 Å². The van der Waals surface area contributed by atoms with E-state index in [1.165, 1.54) is 38.0 Å². The molecule has 0 radical (unpaired) electrons.